The van der Waals surface area contributed by atoms with Crippen molar-refractivity contribution in [1.82, 2.24) is 0 Å². The van der Waals surface area contributed by atoms with Crippen molar-refractivity contribution in [3.8, 4) is 0 Å². The molecule has 0 saturated heterocycles. The smallest absolute Gasteiger partial charge is 0.795 e. The van der Waals surface area contributed by atoms with Gasteiger partial charge >= 0.3 is 35.7 Å². The van der Waals surface area contributed by atoms with Gasteiger partial charge in [0.25, 0.3) is 0 Å². The number of carbonyl (C=O) groups excluding carboxylic acids is 2. The normalized spacial score (nSPS) is 12.7. The van der Waals surface area contributed by atoms with Gasteiger partial charge < -0.3 is 15.6 Å². The second-order valence-corrected chi connectivity index (χ2v) is 7.63. The number of fused-ring (bicyclic) bond motifs is 2. The molecule has 0 atom stereocenters. The van der Waals surface area contributed by atoms with Gasteiger partial charge in [0.1, 0.15) is 0 Å². The molecule has 4 rings (SSSR count). The van der Waals surface area contributed by atoms with Crippen molar-refractivity contribution in [2.75, 3.05) is 11.1 Å². The second kappa shape index (κ2) is 8.92. The Hall–Kier alpha value is -2.30. The van der Waals surface area contributed by atoms with Crippen molar-refractivity contribution in [3.63, 3.8) is 0 Å². The fourth-order valence-corrected chi connectivity index (χ4v) is 3.98. The number of aryl methyl sites for hydroxylation is 1. The second-order valence-electron chi connectivity index (χ2n) is 7.03. The zero-order valence-electron chi connectivity index (χ0n) is 17.0. The van der Waals surface area contributed by atoms with Crippen molar-refractivity contribution in [3.05, 3.63) is 81.9 Å². The van der Waals surface area contributed by atoms with Gasteiger partial charge in [-0.1, -0.05) is 30.3 Å². The Morgan fingerprint density at radius 1 is 0.969 bits per heavy atom. The molecule has 0 spiro atoms. The van der Waals surface area contributed by atoms with Crippen molar-refractivity contribution < 1.29 is 56.9 Å². The fourth-order valence-electron chi connectivity index (χ4n) is 3.62. The molecule has 1 aliphatic rings. The largest absolute Gasteiger partial charge is 1.00 e. The summed E-state index contributed by atoms with van der Waals surface area (Å²) in [6, 6.07) is 11.1. The standard InChI is InChI=1S/C22H15F3N2O3S.Na/c1-10-6-7-11(8-14(10)22(23,24)25)27-15-9-16(31-30)19(26)18-17(15)20(28)12-4-2-3-5-13(12)21(18)29;/h2-9,27,30H,26H2,1H3;/q;+1/p-1. The van der Waals surface area contributed by atoms with Crippen LogP contribution in [0.3, 0.4) is 0 Å². The Morgan fingerprint density at radius 3 is 2.12 bits per heavy atom. The van der Waals surface area contributed by atoms with E-state index in [1.165, 1.54) is 37.3 Å². The molecule has 0 aromatic heterocycles. The Balaban J connectivity index is 0.00000289. The number of alkyl halides is 3. The maximum Gasteiger partial charge on any atom is 1.00 e. The van der Waals surface area contributed by atoms with E-state index < -0.39 is 23.3 Å². The molecule has 0 radical (unpaired) electrons. The number of ketones is 2. The van der Waals surface area contributed by atoms with E-state index in [-0.39, 0.29) is 91.4 Å². The first-order valence-corrected chi connectivity index (χ1v) is 9.77. The predicted molar refractivity (Wildman–Crippen MR) is 110 cm³/mol. The van der Waals surface area contributed by atoms with Crippen molar-refractivity contribution in [2.45, 2.75) is 18.0 Å². The maximum atomic E-state index is 13.3. The summed E-state index contributed by atoms with van der Waals surface area (Å²) in [5.41, 5.74) is 5.27. The Morgan fingerprint density at radius 2 is 1.56 bits per heavy atom. The molecule has 3 aromatic carbocycles. The third-order valence-corrected chi connectivity index (χ3v) is 5.63. The van der Waals surface area contributed by atoms with E-state index in [4.69, 9.17) is 5.73 Å². The number of hydrogen-bond acceptors (Lipinski definition) is 6. The minimum absolute atomic E-state index is 0. The van der Waals surface area contributed by atoms with Crippen LogP contribution in [-0.2, 0) is 6.18 Å². The molecule has 158 valence electrons. The third kappa shape index (κ3) is 4.06. The van der Waals surface area contributed by atoms with E-state index >= 15 is 0 Å². The van der Waals surface area contributed by atoms with Gasteiger partial charge in [-0.05, 0) is 30.7 Å². The van der Waals surface area contributed by atoms with Gasteiger partial charge in [-0.15, -0.1) is 0 Å². The van der Waals surface area contributed by atoms with Crippen LogP contribution in [0.2, 0.25) is 0 Å². The summed E-state index contributed by atoms with van der Waals surface area (Å²) in [7, 11) is 0. The zero-order chi connectivity index (χ0) is 22.5. The summed E-state index contributed by atoms with van der Waals surface area (Å²) >= 11 is 0.0289. The molecule has 0 aliphatic heterocycles. The van der Waals surface area contributed by atoms with Crippen LogP contribution in [0.5, 0.6) is 0 Å². The zero-order valence-corrected chi connectivity index (χ0v) is 19.8. The summed E-state index contributed by atoms with van der Waals surface area (Å²) in [6.45, 7) is 1.34. The van der Waals surface area contributed by atoms with E-state index in [1.54, 1.807) is 12.1 Å². The van der Waals surface area contributed by atoms with Crippen LogP contribution in [0.25, 0.3) is 0 Å². The number of nitrogen functional groups attached to an aromatic ring is 1. The number of nitrogens with two attached hydrogens (primary N) is 1. The first-order valence-electron chi connectivity index (χ1n) is 9.03. The molecule has 0 bridgehead atoms. The van der Waals surface area contributed by atoms with E-state index in [9.17, 15) is 27.3 Å². The Labute approximate surface area is 207 Å². The molecule has 0 amide bonds. The fraction of sp³-hybridized carbons (Fsp3) is 0.0909. The maximum absolute atomic E-state index is 13.3. The van der Waals surface area contributed by atoms with Gasteiger partial charge in [-0.25, -0.2) is 12.0 Å². The molecule has 1 aliphatic carbocycles. The molecule has 0 saturated carbocycles. The van der Waals surface area contributed by atoms with Gasteiger partial charge in [0.15, 0.2) is 11.6 Å². The summed E-state index contributed by atoms with van der Waals surface area (Å²) in [6.07, 6.45) is -4.57. The van der Waals surface area contributed by atoms with Crippen LogP contribution < -0.4 is 40.6 Å². The number of carbonyl (C=O) groups is 2. The van der Waals surface area contributed by atoms with Crippen LogP contribution in [0, 0.1) is 6.92 Å². The molecule has 5 nitrogen and oxygen atoms in total. The molecule has 10 heteroatoms. The first-order chi connectivity index (χ1) is 14.6. The van der Waals surface area contributed by atoms with Gasteiger partial charge in [0.2, 0.25) is 0 Å². The predicted octanol–water partition coefficient (Wildman–Crippen LogP) is 2.34. The van der Waals surface area contributed by atoms with E-state index in [0.29, 0.717) is 0 Å². The summed E-state index contributed by atoms with van der Waals surface area (Å²) in [4.78, 5) is 26.2. The van der Waals surface area contributed by atoms with Crippen LogP contribution in [0.15, 0.2) is 53.4 Å². The summed E-state index contributed by atoms with van der Waals surface area (Å²) in [5, 5.41) is 2.77. The van der Waals surface area contributed by atoms with E-state index in [1.807, 2.05) is 0 Å². The molecular formula is C22H14F3N2NaO3S. The van der Waals surface area contributed by atoms with E-state index in [2.05, 4.69) is 5.32 Å². The number of anilines is 3. The summed E-state index contributed by atoms with van der Waals surface area (Å²) in [5.74, 6) is -1.04. The Kier molecular flexibility index (Phi) is 6.78. The number of benzene rings is 3. The van der Waals surface area contributed by atoms with Gasteiger partial charge in [-0.3, -0.25) is 9.59 Å². The first kappa shape index (κ1) is 24.3. The molecular weight excluding hydrogens is 452 g/mol. The van der Waals surface area contributed by atoms with Crippen molar-refractivity contribution >= 4 is 40.7 Å². The Bertz CT molecular complexity index is 1260. The molecule has 0 heterocycles. The minimum Gasteiger partial charge on any atom is -0.795 e. The minimum atomic E-state index is -4.57. The average Bonchev–Trinajstić information content (AvgIpc) is 2.73. The summed E-state index contributed by atoms with van der Waals surface area (Å²) < 4.78 is 51.5. The quantitative estimate of drug-likeness (QED) is 0.274. The average molecular weight is 466 g/mol. The van der Waals surface area contributed by atoms with Crippen molar-refractivity contribution in [2.24, 2.45) is 0 Å². The number of halogens is 3. The van der Waals surface area contributed by atoms with Crippen LogP contribution in [0.1, 0.15) is 43.0 Å². The van der Waals surface area contributed by atoms with E-state index in [0.717, 1.165) is 6.07 Å². The van der Waals surface area contributed by atoms with Gasteiger partial charge in [-0.2, -0.15) is 13.2 Å². The number of hydrogen-bond donors (Lipinski definition) is 2. The number of rotatable bonds is 3. The van der Waals surface area contributed by atoms with Gasteiger partial charge in [0, 0.05) is 21.7 Å². The SMILES string of the molecule is Cc1ccc(Nc2cc(S[O-])c(N)c3c2C(=O)c2ccccc2C3=O)cc1C(F)(F)F.[Na+]. The topological polar surface area (TPSA) is 95.2 Å². The monoisotopic (exact) mass is 466 g/mol. The molecule has 0 fully saturated rings. The molecule has 3 aromatic rings. The van der Waals surface area contributed by atoms with Crippen LogP contribution in [-0.4, -0.2) is 16.1 Å². The van der Waals surface area contributed by atoms with Gasteiger partial charge in [0.05, 0.1) is 28.1 Å². The third-order valence-electron chi connectivity index (χ3n) is 5.11. The van der Waals surface area contributed by atoms with Crippen molar-refractivity contribution in [1.29, 1.82) is 0 Å². The molecule has 32 heavy (non-hydrogen) atoms. The molecule has 3 N–H and O–H groups in total. The van der Waals surface area contributed by atoms with Crippen LogP contribution >= 0.6 is 12.0 Å². The molecule has 0 unspecified atom stereocenters. The van der Waals surface area contributed by atoms with Crippen LogP contribution in [0.4, 0.5) is 30.2 Å². The number of nitrogens with one attached hydrogen (secondary N) is 1.